The van der Waals surface area contributed by atoms with Crippen LogP contribution in [0.1, 0.15) is 16.3 Å². The Morgan fingerprint density at radius 1 is 1.25 bits per heavy atom. The molecule has 104 valence electrons. The summed E-state index contributed by atoms with van der Waals surface area (Å²) in [4.78, 5) is 19.4. The molecule has 0 radical (unpaired) electrons. The minimum atomic E-state index is -0.618. The smallest absolute Gasteiger partial charge is 0.376 e. The van der Waals surface area contributed by atoms with Gasteiger partial charge in [-0.05, 0) is 19.1 Å². The number of benzene rings is 1. The number of esters is 1. The minimum Gasteiger partial charge on any atom is -0.463 e. The Labute approximate surface area is 124 Å². The van der Waals surface area contributed by atoms with E-state index < -0.39 is 5.97 Å². The molecule has 0 aliphatic carbocycles. The summed E-state index contributed by atoms with van der Waals surface area (Å²) in [5, 5.41) is 0. The molecular formula is C13H12BrN3O3. The number of carbonyl (C=O) groups is 1. The van der Waals surface area contributed by atoms with Crippen LogP contribution in [0.3, 0.4) is 0 Å². The van der Waals surface area contributed by atoms with E-state index in [0.29, 0.717) is 17.1 Å². The number of hydrogen-bond acceptors (Lipinski definition) is 6. The van der Waals surface area contributed by atoms with Crippen LogP contribution in [0.2, 0.25) is 0 Å². The van der Waals surface area contributed by atoms with Crippen LogP contribution in [0.5, 0.6) is 11.6 Å². The molecule has 6 nitrogen and oxygen atoms in total. The summed E-state index contributed by atoms with van der Waals surface area (Å²) in [5.74, 6) is 0.0824. The Hall–Kier alpha value is -2.15. The number of hydrogen-bond donors (Lipinski definition) is 1. The highest BCUT2D eigenvalue weighted by molar-refractivity contribution is 9.10. The van der Waals surface area contributed by atoms with Crippen molar-refractivity contribution < 1.29 is 14.3 Å². The number of halogens is 1. The Balaban J connectivity index is 2.33. The van der Waals surface area contributed by atoms with Crippen LogP contribution < -0.4 is 10.5 Å². The van der Waals surface area contributed by atoms with Gasteiger partial charge in [-0.2, -0.15) is 4.98 Å². The lowest BCUT2D eigenvalue weighted by molar-refractivity contribution is 0.0585. The fourth-order valence-corrected chi connectivity index (χ4v) is 2.03. The Kier molecular flexibility index (Phi) is 4.19. The van der Waals surface area contributed by atoms with Crippen molar-refractivity contribution in [3.63, 3.8) is 0 Å². The Morgan fingerprint density at radius 2 is 2.00 bits per heavy atom. The zero-order chi connectivity index (χ0) is 14.7. The number of aryl methyl sites for hydroxylation is 1. The van der Waals surface area contributed by atoms with Crippen LogP contribution in [0.15, 0.2) is 28.7 Å². The summed E-state index contributed by atoms with van der Waals surface area (Å²) < 4.78 is 11.0. The topological polar surface area (TPSA) is 87.3 Å². The first-order chi connectivity index (χ1) is 9.47. The van der Waals surface area contributed by atoms with Crippen molar-refractivity contribution in [2.45, 2.75) is 6.92 Å². The highest BCUT2D eigenvalue weighted by Gasteiger charge is 2.12. The molecule has 0 saturated heterocycles. The van der Waals surface area contributed by atoms with Gasteiger partial charge in [0.2, 0.25) is 11.7 Å². The number of nitrogen functional groups attached to an aromatic ring is 1. The fraction of sp³-hybridized carbons (Fsp3) is 0.154. The van der Waals surface area contributed by atoms with Crippen LogP contribution in [0.4, 0.5) is 5.69 Å². The van der Waals surface area contributed by atoms with Gasteiger partial charge in [0.1, 0.15) is 5.75 Å². The molecular weight excluding hydrogens is 326 g/mol. The second kappa shape index (κ2) is 5.87. The number of carbonyl (C=O) groups excluding carboxylic acids is 1. The highest BCUT2D eigenvalue weighted by atomic mass is 79.9. The molecule has 0 unspecified atom stereocenters. The standard InChI is InChI=1S/C13H12BrN3O3/c1-7-3-11(17-12(16-7)13(18)19-2)20-10-5-8(14)4-9(15)6-10/h3-6H,15H2,1-2H3. The first-order valence-electron chi connectivity index (χ1n) is 5.66. The molecule has 0 atom stereocenters. The van der Waals surface area contributed by atoms with Crippen molar-refractivity contribution in [1.29, 1.82) is 0 Å². The third kappa shape index (κ3) is 3.45. The maximum atomic E-state index is 11.4. The lowest BCUT2D eigenvalue weighted by Gasteiger charge is -2.08. The monoisotopic (exact) mass is 337 g/mol. The van der Waals surface area contributed by atoms with Gasteiger partial charge in [-0.15, -0.1) is 0 Å². The summed E-state index contributed by atoms with van der Waals surface area (Å²) in [6, 6.07) is 6.76. The number of methoxy groups -OCH3 is 1. The summed E-state index contributed by atoms with van der Waals surface area (Å²) >= 11 is 3.32. The summed E-state index contributed by atoms with van der Waals surface area (Å²) in [6.07, 6.45) is 0. The summed E-state index contributed by atoms with van der Waals surface area (Å²) in [7, 11) is 1.27. The minimum absolute atomic E-state index is 0.0505. The summed E-state index contributed by atoms with van der Waals surface area (Å²) in [6.45, 7) is 1.73. The quantitative estimate of drug-likeness (QED) is 0.684. The van der Waals surface area contributed by atoms with Gasteiger partial charge in [0, 0.05) is 28.0 Å². The van der Waals surface area contributed by atoms with E-state index in [1.807, 2.05) is 0 Å². The van der Waals surface area contributed by atoms with Crippen LogP contribution in [0.25, 0.3) is 0 Å². The number of ether oxygens (including phenoxy) is 2. The van der Waals surface area contributed by atoms with Gasteiger partial charge in [-0.1, -0.05) is 15.9 Å². The van der Waals surface area contributed by atoms with Crippen LogP contribution in [0, 0.1) is 6.92 Å². The molecule has 2 N–H and O–H groups in total. The van der Waals surface area contributed by atoms with E-state index in [4.69, 9.17) is 10.5 Å². The van der Waals surface area contributed by atoms with Gasteiger partial charge in [-0.3, -0.25) is 0 Å². The Bertz CT molecular complexity index is 641. The highest BCUT2D eigenvalue weighted by Crippen LogP contribution is 2.26. The van der Waals surface area contributed by atoms with E-state index in [0.717, 1.165) is 4.47 Å². The normalized spacial score (nSPS) is 10.2. The third-order valence-electron chi connectivity index (χ3n) is 2.31. The van der Waals surface area contributed by atoms with E-state index in [1.165, 1.54) is 7.11 Å². The maximum absolute atomic E-state index is 11.4. The average molecular weight is 338 g/mol. The first-order valence-corrected chi connectivity index (χ1v) is 6.45. The molecule has 0 aliphatic rings. The lowest BCUT2D eigenvalue weighted by Crippen LogP contribution is -2.09. The van der Waals surface area contributed by atoms with Gasteiger partial charge in [0.15, 0.2) is 0 Å². The second-order valence-corrected chi connectivity index (χ2v) is 4.90. The molecule has 7 heteroatoms. The second-order valence-electron chi connectivity index (χ2n) is 3.99. The molecule has 0 spiro atoms. The predicted molar refractivity (Wildman–Crippen MR) is 76.7 cm³/mol. The zero-order valence-corrected chi connectivity index (χ0v) is 12.5. The molecule has 1 aromatic carbocycles. The van der Waals surface area contributed by atoms with Gasteiger partial charge in [-0.25, -0.2) is 9.78 Å². The van der Waals surface area contributed by atoms with E-state index >= 15 is 0 Å². The van der Waals surface area contributed by atoms with Crippen molar-refractivity contribution >= 4 is 27.6 Å². The number of nitrogens with two attached hydrogens (primary N) is 1. The van der Waals surface area contributed by atoms with Crippen molar-refractivity contribution in [2.24, 2.45) is 0 Å². The van der Waals surface area contributed by atoms with Crippen molar-refractivity contribution in [3.05, 3.63) is 40.3 Å². The van der Waals surface area contributed by atoms with E-state index in [1.54, 1.807) is 31.2 Å². The molecule has 1 aromatic heterocycles. The van der Waals surface area contributed by atoms with Gasteiger partial charge < -0.3 is 15.2 Å². The molecule has 2 aromatic rings. The number of nitrogens with zero attached hydrogens (tertiary/aromatic N) is 2. The van der Waals surface area contributed by atoms with Gasteiger partial charge in [0.05, 0.1) is 7.11 Å². The van der Waals surface area contributed by atoms with E-state index in [2.05, 4.69) is 30.6 Å². The number of rotatable bonds is 3. The SMILES string of the molecule is COC(=O)c1nc(C)cc(Oc2cc(N)cc(Br)c2)n1. The van der Waals surface area contributed by atoms with Crippen LogP contribution in [-0.2, 0) is 4.74 Å². The van der Waals surface area contributed by atoms with Gasteiger partial charge in [0.25, 0.3) is 0 Å². The third-order valence-corrected chi connectivity index (χ3v) is 2.77. The largest absolute Gasteiger partial charge is 0.463 e. The maximum Gasteiger partial charge on any atom is 0.376 e. The van der Waals surface area contributed by atoms with E-state index in [9.17, 15) is 4.79 Å². The van der Waals surface area contributed by atoms with Crippen molar-refractivity contribution in [1.82, 2.24) is 9.97 Å². The number of aromatic nitrogens is 2. The van der Waals surface area contributed by atoms with Crippen molar-refractivity contribution in [2.75, 3.05) is 12.8 Å². The molecule has 0 saturated carbocycles. The molecule has 2 rings (SSSR count). The zero-order valence-electron chi connectivity index (χ0n) is 10.9. The predicted octanol–water partition coefficient (Wildman–Crippen LogP) is 2.71. The first kappa shape index (κ1) is 14.3. The Morgan fingerprint density at radius 3 is 2.65 bits per heavy atom. The summed E-state index contributed by atoms with van der Waals surface area (Å²) in [5.41, 5.74) is 6.87. The molecule has 0 bridgehead atoms. The van der Waals surface area contributed by atoms with Crippen LogP contribution >= 0.6 is 15.9 Å². The van der Waals surface area contributed by atoms with Crippen LogP contribution in [-0.4, -0.2) is 23.0 Å². The lowest BCUT2D eigenvalue weighted by atomic mass is 10.3. The molecule has 0 aliphatic heterocycles. The average Bonchev–Trinajstić information content (AvgIpc) is 2.35. The molecule has 1 heterocycles. The number of anilines is 1. The molecule has 0 amide bonds. The fourth-order valence-electron chi connectivity index (χ4n) is 1.54. The van der Waals surface area contributed by atoms with E-state index in [-0.39, 0.29) is 11.7 Å². The molecule has 20 heavy (non-hydrogen) atoms. The molecule has 0 fully saturated rings. The van der Waals surface area contributed by atoms with Gasteiger partial charge >= 0.3 is 5.97 Å². The van der Waals surface area contributed by atoms with Crippen molar-refractivity contribution in [3.8, 4) is 11.6 Å².